The Balaban J connectivity index is 1.47. The third-order valence-electron chi connectivity index (χ3n) is 6.80. The quantitative estimate of drug-likeness (QED) is 0.475. The molecule has 1 unspecified atom stereocenters. The minimum absolute atomic E-state index is 0.0203. The number of halogens is 3. The Labute approximate surface area is 231 Å². The van der Waals surface area contributed by atoms with Crippen LogP contribution < -0.4 is 5.32 Å². The van der Waals surface area contributed by atoms with Gasteiger partial charge < -0.3 is 15.3 Å². The summed E-state index contributed by atoms with van der Waals surface area (Å²) in [5, 5.41) is 12.8. The predicted octanol–water partition coefficient (Wildman–Crippen LogP) is 4.05. The first-order chi connectivity index (χ1) is 17.5. The van der Waals surface area contributed by atoms with Gasteiger partial charge in [-0.1, -0.05) is 51.3 Å². The number of carboxylic acid groups (broad SMARTS) is 1. The molecule has 1 spiro atoms. The lowest BCUT2D eigenvalue weighted by atomic mass is 9.60. The normalized spacial score (nSPS) is 20.4. The summed E-state index contributed by atoms with van der Waals surface area (Å²) in [6, 6.07) is 5.57. The Morgan fingerprint density at radius 3 is 2.32 bits per heavy atom. The van der Waals surface area contributed by atoms with Crippen molar-refractivity contribution in [2.75, 3.05) is 18.4 Å². The van der Waals surface area contributed by atoms with Gasteiger partial charge in [-0.2, -0.15) is 0 Å². The van der Waals surface area contributed by atoms with Crippen LogP contribution in [0.2, 0.25) is 10.0 Å². The number of pyridine rings is 1. The summed E-state index contributed by atoms with van der Waals surface area (Å²) in [4.78, 5) is 58.5. The van der Waals surface area contributed by atoms with E-state index in [1.165, 1.54) is 19.3 Å². The van der Waals surface area contributed by atoms with Gasteiger partial charge in [-0.05, 0) is 30.5 Å². The molecule has 2 N–H and O–H groups in total. The Kier molecular flexibility index (Phi) is 8.01. The molecule has 2 heterocycles. The molecule has 4 rings (SSSR count). The smallest absolute Gasteiger partial charge is 0.328 e. The van der Waals surface area contributed by atoms with Crippen molar-refractivity contribution in [3.63, 3.8) is 0 Å². The van der Waals surface area contributed by atoms with Crippen molar-refractivity contribution in [1.29, 1.82) is 0 Å². The third-order valence-corrected chi connectivity index (χ3v) is 8.22. The van der Waals surface area contributed by atoms with Gasteiger partial charge in [0.2, 0.25) is 5.91 Å². The number of carbonyl (C=O) groups is 4. The van der Waals surface area contributed by atoms with Crippen molar-refractivity contribution >= 4 is 74.1 Å². The first-order valence-corrected chi connectivity index (χ1v) is 13.1. The molecule has 194 valence electrons. The molecule has 2 amide bonds. The number of benzene rings is 1. The number of amides is 2. The van der Waals surface area contributed by atoms with E-state index in [1.54, 1.807) is 29.2 Å². The van der Waals surface area contributed by atoms with E-state index < -0.39 is 28.2 Å². The first-order valence-electron chi connectivity index (χ1n) is 11.5. The van der Waals surface area contributed by atoms with Crippen molar-refractivity contribution in [3.8, 4) is 0 Å². The molecule has 0 radical (unpaired) electrons. The number of carbonyl (C=O) groups excluding carboxylic acids is 3. The van der Waals surface area contributed by atoms with E-state index in [9.17, 15) is 24.3 Å². The van der Waals surface area contributed by atoms with Crippen LogP contribution in [0.3, 0.4) is 0 Å². The van der Waals surface area contributed by atoms with Gasteiger partial charge in [-0.3, -0.25) is 24.4 Å². The fourth-order valence-corrected chi connectivity index (χ4v) is 6.21. The Morgan fingerprint density at radius 1 is 1.19 bits per heavy atom. The van der Waals surface area contributed by atoms with Crippen molar-refractivity contribution < 1.29 is 24.3 Å². The minimum atomic E-state index is -1.11. The van der Waals surface area contributed by atoms with Crippen molar-refractivity contribution in [3.05, 3.63) is 57.8 Å². The molecule has 2 aromatic rings. The third kappa shape index (κ3) is 5.42. The Morgan fingerprint density at radius 2 is 1.78 bits per heavy atom. The summed E-state index contributed by atoms with van der Waals surface area (Å²) in [5.41, 5.74) is 0.969. The molecule has 2 atom stereocenters. The van der Waals surface area contributed by atoms with Crippen LogP contribution in [0.1, 0.15) is 35.7 Å². The molecule has 12 heteroatoms. The number of ketones is 1. The zero-order chi connectivity index (χ0) is 26.9. The molecule has 0 bridgehead atoms. The summed E-state index contributed by atoms with van der Waals surface area (Å²) in [6.45, 7) is 2.35. The largest absolute Gasteiger partial charge is 0.480 e. The van der Waals surface area contributed by atoms with Crippen molar-refractivity contribution in [2.24, 2.45) is 10.4 Å². The van der Waals surface area contributed by atoms with Gasteiger partial charge in [0.05, 0.1) is 21.0 Å². The highest BCUT2D eigenvalue weighted by Crippen LogP contribution is 2.47. The van der Waals surface area contributed by atoms with E-state index in [0.717, 1.165) is 0 Å². The number of alkyl halides is 1. The molecule has 37 heavy (non-hydrogen) atoms. The highest BCUT2D eigenvalue weighted by Gasteiger charge is 2.59. The maximum absolute atomic E-state index is 12.8. The van der Waals surface area contributed by atoms with Crippen LogP contribution in [0.25, 0.3) is 0 Å². The number of hydrogen-bond donors (Lipinski definition) is 2. The number of Topliss-reactive ketones (excluding diaryl/α,β-unsaturated/α-hetero) is 1. The maximum Gasteiger partial charge on any atom is 0.328 e. The number of hydrogen-bond acceptors (Lipinski definition) is 6. The SMILES string of the molecule is CC(=O)N1CCC2(CC1)C(=O)C(Br)C2=N[C@@H](Cc1ccc(NC(=O)c2c(Cl)cncc2Cl)cc1)C(=O)O. The van der Waals surface area contributed by atoms with E-state index in [2.05, 4.69) is 31.2 Å². The van der Waals surface area contributed by atoms with E-state index >= 15 is 0 Å². The molecular formula is C25H23BrCl2N4O5. The molecule has 2 aliphatic rings. The first kappa shape index (κ1) is 27.2. The van der Waals surface area contributed by atoms with Crippen LogP contribution >= 0.6 is 39.1 Å². The monoisotopic (exact) mass is 608 g/mol. The second-order valence-electron chi connectivity index (χ2n) is 9.02. The molecule has 1 aromatic heterocycles. The van der Waals surface area contributed by atoms with Crippen molar-refractivity contribution in [2.45, 2.75) is 37.1 Å². The van der Waals surface area contributed by atoms with Gasteiger partial charge in [-0.15, -0.1) is 0 Å². The number of anilines is 1. The van der Waals surface area contributed by atoms with Gasteiger partial charge in [0.15, 0.2) is 11.8 Å². The van der Waals surface area contributed by atoms with Crippen LogP contribution in [0.4, 0.5) is 5.69 Å². The summed E-state index contributed by atoms with van der Waals surface area (Å²) in [6.07, 6.45) is 3.60. The number of aliphatic carboxylic acids is 1. The average molecular weight is 610 g/mol. The lowest BCUT2D eigenvalue weighted by Crippen LogP contribution is -2.64. The molecule has 1 saturated carbocycles. The van der Waals surface area contributed by atoms with E-state index in [-0.39, 0.29) is 33.7 Å². The van der Waals surface area contributed by atoms with Crippen LogP contribution in [-0.4, -0.2) is 68.2 Å². The number of piperidine rings is 1. The van der Waals surface area contributed by atoms with Gasteiger partial charge in [-0.25, -0.2) is 4.79 Å². The molecule has 1 aromatic carbocycles. The number of likely N-dealkylation sites (tertiary alicyclic amines) is 1. The lowest BCUT2D eigenvalue weighted by molar-refractivity contribution is -0.138. The number of nitrogens with one attached hydrogen (secondary N) is 1. The number of rotatable bonds is 6. The van der Waals surface area contributed by atoms with E-state index in [4.69, 9.17) is 23.2 Å². The van der Waals surface area contributed by atoms with Crippen molar-refractivity contribution in [1.82, 2.24) is 9.88 Å². The number of nitrogens with zero attached hydrogens (tertiary/aromatic N) is 3. The number of carboxylic acids is 1. The number of aliphatic imine (C=N–C) groups is 1. The fraction of sp³-hybridized carbons (Fsp3) is 0.360. The number of aromatic nitrogens is 1. The topological polar surface area (TPSA) is 129 Å². The molecule has 2 fully saturated rings. The lowest BCUT2D eigenvalue weighted by Gasteiger charge is -2.49. The Bertz CT molecular complexity index is 1270. The maximum atomic E-state index is 12.8. The Hall–Kier alpha value is -2.82. The summed E-state index contributed by atoms with van der Waals surface area (Å²) in [7, 11) is 0. The van der Waals surface area contributed by atoms with Crippen LogP contribution in [0.15, 0.2) is 41.7 Å². The molecule has 1 aliphatic carbocycles. The van der Waals surface area contributed by atoms with Gasteiger partial charge >= 0.3 is 5.97 Å². The van der Waals surface area contributed by atoms with Gasteiger partial charge in [0, 0.05) is 50.2 Å². The van der Waals surface area contributed by atoms with Gasteiger partial charge in [0.1, 0.15) is 4.83 Å². The summed E-state index contributed by atoms with van der Waals surface area (Å²) < 4.78 is 0. The zero-order valence-electron chi connectivity index (χ0n) is 19.7. The summed E-state index contributed by atoms with van der Waals surface area (Å²) >= 11 is 15.4. The summed E-state index contributed by atoms with van der Waals surface area (Å²) in [5.74, 6) is -1.68. The molecule has 1 saturated heterocycles. The molecule has 1 aliphatic heterocycles. The standard InChI is InChI=1S/C25H23BrCl2N4O5/c1-13(33)32-8-6-25(7-9-32)21(20(26)22(25)34)31-18(24(36)37)10-14-2-4-15(5-3-14)30-23(35)19-16(27)11-29-12-17(19)28/h2-5,11-12,18,20H,6-10H2,1H3,(H,30,35)(H,36,37)/t18-,20?/m0/s1. The highest BCUT2D eigenvalue weighted by atomic mass is 79.9. The molecular weight excluding hydrogens is 587 g/mol. The van der Waals surface area contributed by atoms with E-state index in [1.807, 2.05) is 0 Å². The van der Waals surface area contributed by atoms with Gasteiger partial charge in [0.25, 0.3) is 5.91 Å². The van der Waals surface area contributed by atoms with Crippen LogP contribution in [0.5, 0.6) is 0 Å². The predicted molar refractivity (Wildman–Crippen MR) is 143 cm³/mol. The fourth-order valence-electron chi connectivity index (χ4n) is 4.68. The second kappa shape index (κ2) is 10.9. The van der Waals surface area contributed by atoms with Crippen LogP contribution in [0, 0.1) is 5.41 Å². The minimum Gasteiger partial charge on any atom is -0.480 e. The van der Waals surface area contributed by atoms with Crippen LogP contribution in [-0.2, 0) is 20.8 Å². The zero-order valence-corrected chi connectivity index (χ0v) is 22.8. The average Bonchev–Trinajstić information content (AvgIpc) is 2.86. The highest BCUT2D eigenvalue weighted by molar-refractivity contribution is 9.10. The second-order valence-corrected chi connectivity index (χ2v) is 10.7. The molecule has 9 nitrogen and oxygen atoms in total. The van der Waals surface area contributed by atoms with E-state index in [0.29, 0.717) is 42.9 Å².